The molecule has 78 valence electrons. The molecule has 0 aromatic carbocycles. The van der Waals surface area contributed by atoms with Crippen molar-refractivity contribution in [3.05, 3.63) is 0 Å². The van der Waals surface area contributed by atoms with Crippen LogP contribution in [0.5, 0.6) is 0 Å². The highest BCUT2D eigenvalue weighted by Gasteiger charge is 2.46. The Bertz CT molecular complexity index is 263. The highest BCUT2D eigenvalue weighted by Crippen LogP contribution is 2.48. The van der Waals surface area contributed by atoms with Gasteiger partial charge in [0.1, 0.15) is 0 Å². The predicted octanol–water partition coefficient (Wildman–Crippen LogP) is 2.04. The molecule has 0 radical (unpaired) electrons. The van der Waals surface area contributed by atoms with Crippen LogP contribution < -0.4 is 0 Å². The van der Waals surface area contributed by atoms with Crippen molar-refractivity contribution in [3.8, 4) is 0 Å². The van der Waals surface area contributed by atoms with Gasteiger partial charge in [0, 0.05) is 19.5 Å². The van der Waals surface area contributed by atoms with Crippen LogP contribution in [0.1, 0.15) is 38.5 Å². The van der Waals surface area contributed by atoms with Crippen molar-refractivity contribution < 1.29 is 4.79 Å². The van der Waals surface area contributed by atoms with E-state index in [1.807, 2.05) is 11.9 Å². The first-order chi connectivity index (χ1) is 6.75. The molecule has 0 aromatic heterocycles. The van der Waals surface area contributed by atoms with Gasteiger partial charge in [0.2, 0.25) is 5.91 Å². The molecule has 2 saturated carbocycles. The molecule has 14 heavy (non-hydrogen) atoms. The van der Waals surface area contributed by atoms with Crippen molar-refractivity contribution in [3.63, 3.8) is 0 Å². The van der Waals surface area contributed by atoms with E-state index in [0.29, 0.717) is 17.9 Å². The quantitative estimate of drug-likeness (QED) is 0.576. The number of carbonyl (C=O) groups excluding carboxylic acids is 1. The van der Waals surface area contributed by atoms with Crippen molar-refractivity contribution in [1.29, 1.82) is 0 Å². The van der Waals surface area contributed by atoms with Crippen molar-refractivity contribution in [2.24, 2.45) is 17.8 Å². The number of carbonyl (C=O) groups is 1. The van der Waals surface area contributed by atoms with E-state index in [1.165, 1.54) is 32.1 Å². The zero-order chi connectivity index (χ0) is 9.71. The Morgan fingerprint density at radius 1 is 1.14 bits per heavy atom. The van der Waals surface area contributed by atoms with Gasteiger partial charge in [-0.25, -0.2) is 0 Å². The maximum absolute atomic E-state index is 11.6. The fourth-order valence-corrected chi connectivity index (χ4v) is 4.03. The van der Waals surface area contributed by atoms with Crippen LogP contribution in [0, 0.1) is 17.8 Å². The van der Waals surface area contributed by atoms with Gasteiger partial charge < -0.3 is 4.90 Å². The predicted molar refractivity (Wildman–Crippen MR) is 54.7 cm³/mol. The molecule has 2 aliphatic carbocycles. The van der Waals surface area contributed by atoms with E-state index in [0.717, 1.165) is 18.3 Å². The van der Waals surface area contributed by atoms with E-state index in [4.69, 9.17) is 0 Å². The first-order valence-corrected chi connectivity index (χ1v) is 6.01. The van der Waals surface area contributed by atoms with Crippen LogP contribution in [0.3, 0.4) is 0 Å². The lowest BCUT2D eigenvalue weighted by atomic mass is 9.73. The topological polar surface area (TPSA) is 20.3 Å². The van der Waals surface area contributed by atoms with Gasteiger partial charge >= 0.3 is 0 Å². The van der Waals surface area contributed by atoms with E-state index in [9.17, 15) is 4.79 Å². The lowest BCUT2D eigenvalue weighted by Gasteiger charge is -2.36. The number of likely N-dealkylation sites (tertiary alicyclic amines) is 1. The van der Waals surface area contributed by atoms with Gasteiger partial charge in [-0.05, 0) is 30.6 Å². The fourth-order valence-electron chi connectivity index (χ4n) is 4.03. The summed E-state index contributed by atoms with van der Waals surface area (Å²) in [6, 6.07) is 0.599. The first-order valence-electron chi connectivity index (χ1n) is 6.01. The Hall–Kier alpha value is -0.530. The highest BCUT2D eigenvalue weighted by atomic mass is 16.2. The minimum absolute atomic E-state index is 0.389. The summed E-state index contributed by atoms with van der Waals surface area (Å²) < 4.78 is 0. The number of fused-ring (bicyclic) bond motifs is 2. The molecular formula is C12H19NO. The summed E-state index contributed by atoms with van der Waals surface area (Å²) in [5.74, 6) is 3.01. The van der Waals surface area contributed by atoms with Crippen LogP contribution in [0.4, 0.5) is 0 Å². The SMILES string of the molecule is CN1C(=O)CC2CC3CCCC3CC21. The molecule has 3 rings (SSSR count). The number of hydrogen-bond acceptors (Lipinski definition) is 1. The van der Waals surface area contributed by atoms with E-state index < -0.39 is 0 Å². The molecule has 3 fully saturated rings. The third-order valence-corrected chi connectivity index (χ3v) is 4.84. The van der Waals surface area contributed by atoms with Crippen molar-refractivity contribution in [1.82, 2.24) is 4.90 Å². The maximum Gasteiger partial charge on any atom is 0.222 e. The molecule has 1 aliphatic heterocycles. The molecule has 1 heterocycles. The number of amides is 1. The standard InChI is InChI=1S/C12H19NO/c1-13-11-6-9-4-2-3-8(9)5-10(11)7-12(13)14/h8-11H,2-7H2,1H3. The Labute approximate surface area is 85.7 Å². The molecule has 2 nitrogen and oxygen atoms in total. The number of rotatable bonds is 0. The fraction of sp³-hybridized carbons (Fsp3) is 0.917. The summed E-state index contributed by atoms with van der Waals surface area (Å²) in [5, 5.41) is 0. The van der Waals surface area contributed by atoms with Crippen LogP contribution in [0.2, 0.25) is 0 Å². The second-order valence-electron chi connectivity index (χ2n) is 5.46. The zero-order valence-corrected chi connectivity index (χ0v) is 8.91. The van der Waals surface area contributed by atoms with E-state index in [2.05, 4.69) is 0 Å². The van der Waals surface area contributed by atoms with E-state index >= 15 is 0 Å². The Morgan fingerprint density at radius 2 is 1.86 bits per heavy atom. The Balaban J connectivity index is 1.79. The molecule has 4 unspecified atom stereocenters. The van der Waals surface area contributed by atoms with Crippen molar-refractivity contribution in [2.45, 2.75) is 44.6 Å². The molecule has 0 bridgehead atoms. The third-order valence-electron chi connectivity index (χ3n) is 4.84. The number of hydrogen-bond donors (Lipinski definition) is 0. The molecule has 1 saturated heterocycles. The van der Waals surface area contributed by atoms with E-state index in [-0.39, 0.29) is 0 Å². The highest BCUT2D eigenvalue weighted by molar-refractivity contribution is 5.79. The second-order valence-corrected chi connectivity index (χ2v) is 5.46. The summed E-state index contributed by atoms with van der Waals surface area (Å²) in [5.41, 5.74) is 0. The third kappa shape index (κ3) is 1.12. The van der Waals surface area contributed by atoms with Gasteiger partial charge in [0.15, 0.2) is 0 Å². The van der Waals surface area contributed by atoms with Crippen LogP contribution in [-0.4, -0.2) is 23.9 Å². The van der Waals surface area contributed by atoms with Crippen molar-refractivity contribution in [2.75, 3.05) is 7.05 Å². The summed E-state index contributed by atoms with van der Waals surface area (Å²) in [4.78, 5) is 13.6. The van der Waals surface area contributed by atoms with E-state index in [1.54, 1.807) is 0 Å². The normalized spacial score (nSPS) is 46.6. The van der Waals surface area contributed by atoms with Crippen LogP contribution >= 0.6 is 0 Å². The largest absolute Gasteiger partial charge is 0.342 e. The molecule has 0 spiro atoms. The molecule has 4 atom stereocenters. The summed E-state index contributed by atoms with van der Waals surface area (Å²) >= 11 is 0. The molecule has 0 N–H and O–H groups in total. The monoisotopic (exact) mass is 193 g/mol. The Morgan fingerprint density at radius 3 is 2.64 bits per heavy atom. The lowest BCUT2D eigenvalue weighted by Crippen LogP contribution is -2.38. The molecule has 0 aromatic rings. The van der Waals surface area contributed by atoms with Gasteiger partial charge in [-0.15, -0.1) is 0 Å². The molecule has 1 amide bonds. The second kappa shape index (κ2) is 2.98. The first kappa shape index (κ1) is 8.75. The lowest BCUT2D eigenvalue weighted by molar-refractivity contribution is -0.127. The maximum atomic E-state index is 11.6. The Kier molecular flexibility index (Phi) is 1.86. The molecule has 2 heteroatoms. The average Bonchev–Trinajstić information content (AvgIpc) is 2.70. The van der Waals surface area contributed by atoms with Gasteiger partial charge in [-0.2, -0.15) is 0 Å². The minimum Gasteiger partial charge on any atom is -0.342 e. The zero-order valence-electron chi connectivity index (χ0n) is 8.91. The van der Waals surface area contributed by atoms with Gasteiger partial charge in [-0.1, -0.05) is 19.3 Å². The number of nitrogens with zero attached hydrogens (tertiary/aromatic N) is 1. The minimum atomic E-state index is 0.389. The summed E-state index contributed by atoms with van der Waals surface area (Å²) in [6.07, 6.45) is 7.78. The van der Waals surface area contributed by atoms with Crippen LogP contribution in [-0.2, 0) is 4.79 Å². The van der Waals surface area contributed by atoms with Crippen molar-refractivity contribution >= 4 is 5.91 Å². The van der Waals surface area contributed by atoms with Gasteiger partial charge in [0.05, 0.1) is 0 Å². The average molecular weight is 193 g/mol. The van der Waals surface area contributed by atoms with Crippen LogP contribution in [0.15, 0.2) is 0 Å². The van der Waals surface area contributed by atoms with Gasteiger partial charge in [0.25, 0.3) is 0 Å². The van der Waals surface area contributed by atoms with Gasteiger partial charge in [-0.3, -0.25) is 4.79 Å². The summed E-state index contributed by atoms with van der Waals surface area (Å²) in [6.45, 7) is 0. The molecular weight excluding hydrogens is 174 g/mol. The smallest absolute Gasteiger partial charge is 0.222 e. The molecule has 3 aliphatic rings. The van der Waals surface area contributed by atoms with Crippen LogP contribution in [0.25, 0.3) is 0 Å². The summed E-state index contributed by atoms with van der Waals surface area (Å²) in [7, 11) is 2.00.